The summed E-state index contributed by atoms with van der Waals surface area (Å²) in [6.45, 7) is 5.51. The molecule has 0 saturated heterocycles. The third-order valence-electron chi connectivity index (χ3n) is 5.66. The van der Waals surface area contributed by atoms with E-state index in [0.29, 0.717) is 0 Å². The molecule has 3 rings (SSSR count). The van der Waals surface area contributed by atoms with Crippen LogP contribution in [0.15, 0.2) is 59.6 Å². The van der Waals surface area contributed by atoms with Crippen LogP contribution in [0, 0.1) is 24.2 Å². The molecular formula is C23H23Cl2F3O2. The van der Waals surface area contributed by atoms with Crippen molar-refractivity contribution in [3.63, 3.8) is 0 Å². The topological polar surface area (TPSA) is 26.3 Å². The van der Waals surface area contributed by atoms with E-state index in [4.69, 9.17) is 16.3 Å². The molecule has 0 bridgehead atoms. The molecule has 0 aliphatic heterocycles. The Bertz CT molecular complexity index is 937. The van der Waals surface area contributed by atoms with Crippen LogP contribution in [0.1, 0.15) is 25.0 Å². The first-order chi connectivity index (χ1) is 13.5. The van der Waals surface area contributed by atoms with Crippen LogP contribution in [0.3, 0.4) is 0 Å². The highest BCUT2D eigenvalue weighted by Gasteiger charge is 2.62. The number of alkyl halides is 3. The SMILES string of the molecule is Cc1c(COC(=O)C2C(/C=C(\Cl)C(F)(F)F)C2(C)C)cccc1-c1ccccc1.Cl. The van der Waals surface area contributed by atoms with Crippen molar-refractivity contribution in [2.75, 3.05) is 0 Å². The number of benzene rings is 2. The van der Waals surface area contributed by atoms with E-state index >= 15 is 0 Å². The van der Waals surface area contributed by atoms with Gasteiger partial charge in [-0.15, -0.1) is 12.4 Å². The van der Waals surface area contributed by atoms with E-state index in [2.05, 4.69) is 0 Å². The summed E-state index contributed by atoms with van der Waals surface area (Å²) in [4.78, 5) is 12.5. The zero-order chi connectivity index (χ0) is 21.4. The fourth-order valence-electron chi connectivity index (χ4n) is 3.70. The third-order valence-corrected chi connectivity index (χ3v) is 6.00. The van der Waals surface area contributed by atoms with Gasteiger partial charge in [0.15, 0.2) is 0 Å². The summed E-state index contributed by atoms with van der Waals surface area (Å²) < 4.78 is 43.5. The van der Waals surface area contributed by atoms with Gasteiger partial charge in [0.05, 0.1) is 5.92 Å². The first kappa shape index (κ1) is 24.3. The van der Waals surface area contributed by atoms with Crippen molar-refractivity contribution in [1.82, 2.24) is 0 Å². The quantitative estimate of drug-likeness (QED) is 0.447. The second-order valence-corrected chi connectivity index (χ2v) is 8.31. The second kappa shape index (κ2) is 9.03. The molecule has 2 unspecified atom stereocenters. The van der Waals surface area contributed by atoms with Crippen molar-refractivity contribution in [2.45, 2.75) is 33.6 Å². The molecule has 2 atom stereocenters. The molecule has 0 spiro atoms. The monoisotopic (exact) mass is 458 g/mol. The smallest absolute Gasteiger partial charge is 0.426 e. The fraction of sp³-hybridized carbons (Fsp3) is 0.348. The number of halogens is 5. The lowest BCUT2D eigenvalue weighted by atomic mass is 9.97. The summed E-state index contributed by atoms with van der Waals surface area (Å²) in [5.41, 5.74) is 3.34. The Morgan fingerprint density at radius 3 is 2.37 bits per heavy atom. The average molecular weight is 459 g/mol. The number of allylic oxidation sites excluding steroid dienone is 2. The normalized spacial score (nSPS) is 20.3. The van der Waals surface area contributed by atoms with Crippen LogP contribution in [-0.2, 0) is 16.1 Å². The molecule has 2 aromatic rings. The maximum atomic E-state index is 12.7. The molecule has 1 aliphatic rings. The van der Waals surface area contributed by atoms with Gasteiger partial charge in [-0.1, -0.05) is 80.1 Å². The Balaban J connectivity index is 0.00000320. The third kappa shape index (κ3) is 5.01. The molecule has 162 valence electrons. The summed E-state index contributed by atoms with van der Waals surface area (Å²) in [5.74, 6) is -1.75. The fourth-order valence-corrected chi connectivity index (χ4v) is 3.84. The number of esters is 1. The van der Waals surface area contributed by atoms with Crippen LogP contribution >= 0.6 is 24.0 Å². The van der Waals surface area contributed by atoms with Gasteiger partial charge in [-0.2, -0.15) is 13.2 Å². The van der Waals surface area contributed by atoms with Crippen molar-refractivity contribution in [3.8, 4) is 11.1 Å². The standard InChI is InChI=1S/C23H22ClF3O2.ClH/c1-14-16(10-7-11-17(14)15-8-5-4-6-9-15)13-29-21(28)20-18(22(20,2)3)12-19(24)23(25,26)27;/h4-12,18,20H,13H2,1-3H3;1H/b19-12-;. The number of rotatable bonds is 5. The van der Waals surface area contributed by atoms with Gasteiger partial charge in [-0.25, -0.2) is 0 Å². The zero-order valence-corrected chi connectivity index (χ0v) is 18.4. The highest BCUT2D eigenvalue weighted by Crippen LogP contribution is 2.60. The number of hydrogen-bond donors (Lipinski definition) is 0. The highest BCUT2D eigenvalue weighted by molar-refractivity contribution is 6.30. The minimum atomic E-state index is -4.61. The highest BCUT2D eigenvalue weighted by atomic mass is 35.5. The van der Waals surface area contributed by atoms with Crippen LogP contribution in [0.4, 0.5) is 13.2 Å². The Kier molecular flexibility index (Phi) is 7.31. The molecule has 0 N–H and O–H groups in total. The molecule has 2 nitrogen and oxygen atoms in total. The average Bonchev–Trinajstić information content (AvgIpc) is 3.20. The number of carbonyl (C=O) groups excluding carboxylic acids is 1. The molecule has 1 fully saturated rings. The second-order valence-electron chi connectivity index (χ2n) is 7.90. The molecule has 1 aliphatic carbocycles. The number of ether oxygens (including phenoxy) is 1. The number of carbonyl (C=O) groups is 1. The summed E-state index contributed by atoms with van der Waals surface area (Å²) in [7, 11) is 0. The van der Waals surface area contributed by atoms with E-state index in [1.165, 1.54) is 0 Å². The summed E-state index contributed by atoms with van der Waals surface area (Å²) >= 11 is 5.34. The van der Waals surface area contributed by atoms with Gasteiger partial charge >= 0.3 is 12.1 Å². The van der Waals surface area contributed by atoms with Crippen molar-refractivity contribution in [3.05, 3.63) is 70.8 Å². The van der Waals surface area contributed by atoms with E-state index in [9.17, 15) is 18.0 Å². The predicted molar refractivity (Wildman–Crippen MR) is 114 cm³/mol. The van der Waals surface area contributed by atoms with E-state index in [1.807, 2.05) is 55.5 Å². The summed E-state index contributed by atoms with van der Waals surface area (Å²) in [6, 6.07) is 15.6. The molecule has 0 amide bonds. The van der Waals surface area contributed by atoms with Gasteiger partial charge in [0.2, 0.25) is 0 Å². The van der Waals surface area contributed by atoms with E-state index < -0.39 is 34.4 Å². The first-order valence-electron chi connectivity index (χ1n) is 9.28. The molecule has 0 aromatic heterocycles. The molecule has 1 saturated carbocycles. The summed E-state index contributed by atoms with van der Waals surface area (Å²) in [5, 5.41) is -1.20. The zero-order valence-electron chi connectivity index (χ0n) is 16.8. The Morgan fingerprint density at radius 1 is 1.13 bits per heavy atom. The number of hydrogen-bond acceptors (Lipinski definition) is 2. The van der Waals surface area contributed by atoms with Crippen LogP contribution < -0.4 is 0 Å². The van der Waals surface area contributed by atoms with Crippen LogP contribution in [0.25, 0.3) is 11.1 Å². The minimum Gasteiger partial charge on any atom is -0.461 e. The summed E-state index contributed by atoms with van der Waals surface area (Å²) in [6.07, 6.45) is -3.68. The molecule has 0 heterocycles. The maximum absolute atomic E-state index is 12.7. The van der Waals surface area contributed by atoms with Gasteiger partial charge in [0.25, 0.3) is 0 Å². The first-order valence-corrected chi connectivity index (χ1v) is 9.66. The molecular weight excluding hydrogens is 436 g/mol. The lowest BCUT2D eigenvalue weighted by Crippen LogP contribution is -2.11. The van der Waals surface area contributed by atoms with E-state index in [-0.39, 0.29) is 19.0 Å². The van der Waals surface area contributed by atoms with Gasteiger partial charge in [-0.05, 0) is 40.5 Å². The molecule has 0 radical (unpaired) electrons. The van der Waals surface area contributed by atoms with Crippen LogP contribution in [0.2, 0.25) is 0 Å². The lowest BCUT2D eigenvalue weighted by molar-refractivity contribution is -0.147. The lowest BCUT2D eigenvalue weighted by Gasteiger charge is -2.12. The van der Waals surface area contributed by atoms with Gasteiger partial charge in [0.1, 0.15) is 11.6 Å². The van der Waals surface area contributed by atoms with Crippen LogP contribution in [0.5, 0.6) is 0 Å². The van der Waals surface area contributed by atoms with Gasteiger partial charge in [0, 0.05) is 0 Å². The van der Waals surface area contributed by atoms with Crippen molar-refractivity contribution >= 4 is 30.0 Å². The van der Waals surface area contributed by atoms with Crippen molar-refractivity contribution in [2.24, 2.45) is 17.3 Å². The van der Waals surface area contributed by atoms with Crippen molar-refractivity contribution in [1.29, 1.82) is 0 Å². The van der Waals surface area contributed by atoms with Crippen LogP contribution in [-0.4, -0.2) is 12.1 Å². The van der Waals surface area contributed by atoms with Gasteiger partial charge < -0.3 is 4.74 Å². The van der Waals surface area contributed by atoms with E-state index in [0.717, 1.165) is 28.3 Å². The Labute approximate surface area is 185 Å². The molecule has 7 heteroatoms. The van der Waals surface area contributed by atoms with E-state index in [1.54, 1.807) is 13.8 Å². The Morgan fingerprint density at radius 2 is 1.77 bits per heavy atom. The molecule has 2 aromatic carbocycles. The maximum Gasteiger partial charge on any atom is 0.426 e. The Hall–Kier alpha value is -1.98. The van der Waals surface area contributed by atoms with Crippen molar-refractivity contribution < 1.29 is 22.7 Å². The minimum absolute atomic E-state index is 0. The largest absolute Gasteiger partial charge is 0.461 e. The van der Waals surface area contributed by atoms with Gasteiger partial charge in [-0.3, -0.25) is 4.79 Å². The molecule has 30 heavy (non-hydrogen) atoms. The predicted octanol–water partition coefficient (Wildman–Crippen LogP) is 7.08.